The van der Waals surface area contributed by atoms with Gasteiger partial charge in [0, 0.05) is 44.1 Å². The van der Waals surface area contributed by atoms with Gasteiger partial charge in [-0.05, 0) is 31.2 Å². The van der Waals surface area contributed by atoms with Crippen LogP contribution in [0.5, 0.6) is 0 Å². The lowest BCUT2D eigenvalue weighted by molar-refractivity contribution is 0.182. The first-order chi connectivity index (χ1) is 7.77. The van der Waals surface area contributed by atoms with Crippen molar-refractivity contribution in [3.63, 3.8) is 0 Å². The van der Waals surface area contributed by atoms with Gasteiger partial charge in [0.2, 0.25) is 0 Å². The summed E-state index contributed by atoms with van der Waals surface area (Å²) in [4.78, 5) is 6.40. The molecule has 1 aromatic rings. The second kappa shape index (κ2) is 5.39. The Balaban J connectivity index is 1.94. The monoisotopic (exact) mass is 220 g/mol. The lowest BCUT2D eigenvalue weighted by Gasteiger charge is -2.34. The van der Waals surface area contributed by atoms with E-state index in [9.17, 15) is 0 Å². The number of nitrogens with one attached hydrogen (secondary N) is 1. The van der Waals surface area contributed by atoms with Gasteiger partial charge in [-0.1, -0.05) is 0 Å². The van der Waals surface area contributed by atoms with Crippen LogP contribution in [-0.4, -0.2) is 42.6 Å². The molecule has 3 N–H and O–H groups in total. The second-order valence-electron chi connectivity index (χ2n) is 4.46. The van der Waals surface area contributed by atoms with Gasteiger partial charge in [-0.15, -0.1) is 0 Å². The molecular formula is C12H20N4. The fourth-order valence-corrected chi connectivity index (χ4v) is 2.17. The molecule has 0 saturated carbocycles. The number of nitrogens with two attached hydrogens (primary N) is 1. The van der Waals surface area contributed by atoms with E-state index in [-0.39, 0.29) is 6.04 Å². The number of hydrogen-bond donors (Lipinski definition) is 2. The van der Waals surface area contributed by atoms with Crippen molar-refractivity contribution in [3.05, 3.63) is 30.1 Å². The standard InChI is InChI=1S/C12H20N4/c1-16-7-6-15-9-11(16)8-12(13)10-2-4-14-5-3-10/h2-5,11-12,15H,6-9,13H2,1H3. The van der Waals surface area contributed by atoms with Crippen molar-refractivity contribution >= 4 is 0 Å². The first-order valence-electron chi connectivity index (χ1n) is 5.84. The molecule has 2 heterocycles. The molecule has 2 rings (SSSR count). The van der Waals surface area contributed by atoms with Gasteiger partial charge in [0.05, 0.1) is 0 Å². The lowest BCUT2D eigenvalue weighted by Crippen LogP contribution is -2.50. The van der Waals surface area contributed by atoms with Gasteiger partial charge in [0.25, 0.3) is 0 Å². The van der Waals surface area contributed by atoms with Crippen LogP contribution in [0.4, 0.5) is 0 Å². The fraction of sp³-hybridized carbons (Fsp3) is 0.583. The van der Waals surface area contributed by atoms with E-state index < -0.39 is 0 Å². The largest absolute Gasteiger partial charge is 0.324 e. The summed E-state index contributed by atoms with van der Waals surface area (Å²) in [5.41, 5.74) is 7.38. The highest BCUT2D eigenvalue weighted by atomic mass is 15.2. The van der Waals surface area contributed by atoms with Gasteiger partial charge in [-0.2, -0.15) is 0 Å². The molecule has 1 saturated heterocycles. The van der Waals surface area contributed by atoms with E-state index in [4.69, 9.17) is 5.73 Å². The van der Waals surface area contributed by atoms with Crippen molar-refractivity contribution in [2.75, 3.05) is 26.7 Å². The third kappa shape index (κ3) is 2.78. The third-order valence-electron chi connectivity index (χ3n) is 3.30. The Bertz CT molecular complexity index is 314. The molecule has 0 bridgehead atoms. The van der Waals surface area contributed by atoms with Crippen LogP contribution in [0, 0.1) is 0 Å². The van der Waals surface area contributed by atoms with Crippen LogP contribution < -0.4 is 11.1 Å². The first kappa shape index (κ1) is 11.5. The second-order valence-corrected chi connectivity index (χ2v) is 4.46. The van der Waals surface area contributed by atoms with E-state index in [1.807, 2.05) is 12.1 Å². The van der Waals surface area contributed by atoms with Gasteiger partial charge >= 0.3 is 0 Å². The Morgan fingerprint density at radius 1 is 1.56 bits per heavy atom. The van der Waals surface area contributed by atoms with Crippen molar-refractivity contribution in [3.8, 4) is 0 Å². The summed E-state index contributed by atoms with van der Waals surface area (Å²) in [6.07, 6.45) is 4.60. The summed E-state index contributed by atoms with van der Waals surface area (Å²) in [6.45, 7) is 3.22. The summed E-state index contributed by atoms with van der Waals surface area (Å²) < 4.78 is 0. The molecule has 0 aliphatic carbocycles. The Hall–Kier alpha value is -0.970. The Kier molecular flexibility index (Phi) is 3.88. The lowest BCUT2D eigenvalue weighted by atomic mass is 9.99. The maximum atomic E-state index is 6.21. The Labute approximate surface area is 96.8 Å². The minimum atomic E-state index is 0.107. The van der Waals surface area contributed by atoms with E-state index in [0.717, 1.165) is 26.1 Å². The summed E-state index contributed by atoms with van der Waals surface area (Å²) in [5.74, 6) is 0. The number of pyridine rings is 1. The normalized spacial score (nSPS) is 24.2. The van der Waals surface area contributed by atoms with Gasteiger partial charge in [-0.25, -0.2) is 0 Å². The van der Waals surface area contributed by atoms with Crippen LogP contribution in [0.3, 0.4) is 0 Å². The van der Waals surface area contributed by atoms with E-state index in [0.29, 0.717) is 6.04 Å². The van der Waals surface area contributed by atoms with E-state index in [1.54, 1.807) is 12.4 Å². The molecule has 0 spiro atoms. The number of piperazine rings is 1. The van der Waals surface area contributed by atoms with Crippen LogP contribution in [-0.2, 0) is 0 Å². The summed E-state index contributed by atoms with van der Waals surface area (Å²) in [6, 6.07) is 4.65. The predicted octanol–water partition coefficient (Wildman–Crippen LogP) is 0.375. The number of likely N-dealkylation sites (N-methyl/N-ethyl adjacent to an activating group) is 1. The van der Waals surface area contributed by atoms with E-state index >= 15 is 0 Å². The summed E-state index contributed by atoms with van der Waals surface area (Å²) in [5, 5.41) is 3.41. The van der Waals surface area contributed by atoms with Crippen molar-refractivity contribution in [1.82, 2.24) is 15.2 Å². The molecule has 2 unspecified atom stereocenters. The van der Waals surface area contributed by atoms with Gasteiger partial charge in [0.1, 0.15) is 0 Å². The van der Waals surface area contributed by atoms with Crippen LogP contribution in [0.15, 0.2) is 24.5 Å². The maximum absolute atomic E-state index is 6.21. The van der Waals surface area contributed by atoms with Crippen LogP contribution in [0.25, 0.3) is 0 Å². The van der Waals surface area contributed by atoms with Crippen molar-refractivity contribution in [2.45, 2.75) is 18.5 Å². The van der Waals surface area contributed by atoms with Gasteiger partial charge in [-0.3, -0.25) is 4.98 Å². The molecule has 0 radical (unpaired) electrons. The molecule has 1 aromatic heterocycles. The molecule has 0 aromatic carbocycles. The van der Waals surface area contributed by atoms with Gasteiger partial charge in [0.15, 0.2) is 0 Å². The summed E-state index contributed by atoms with van der Waals surface area (Å²) >= 11 is 0. The Morgan fingerprint density at radius 2 is 2.31 bits per heavy atom. The van der Waals surface area contributed by atoms with Crippen molar-refractivity contribution < 1.29 is 0 Å². The highest BCUT2D eigenvalue weighted by Gasteiger charge is 2.21. The highest BCUT2D eigenvalue weighted by molar-refractivity contribution is 5.14. The highest BCUT2D eigenvalue weighted by Crippen LogP contribution is 2.17. The summed E-state index contributed by atoms with van der Waals surface area (Å²) in [7, 11) is 2.17. The van der Waals surface area contributed by atoms with Crippen molar-refractivity contribution in [1.29, 1.82) is 0 Å². The minimum Gasteiger partial charge on any atom is -0.324 e. The third-order valence-corrected chi connectivity index (χ3v) is 3.30. The zero-order valence-electron chi connectivity index (χ0n) is 9.76. The molecular weight excluding hydrogens is 200 g/mol. The average molecular weight is 220 g/mol. The number of rotatable bonds is 3. The molecule has 4 nitrogen and oxygen atoms in total. The molecule has 4 heteroatoms. The predicted molar refractivity (Wildman–Crippen MR) is 65.1 cm³/mol. The zero-order valence-corrected chi connectivity index (χ0v) is 9.76. The molecule has 0 amide bonds. The van der Waals surface area contributed by atoms with Crippen molar-refractivity contribution in [2.24, 2.45) is 5.73 Å². The molecule has 16 heavy (non-hydrogen) atoms. The quantitative estimate of drug-likeness (QED) is 0.773. The zero-order chi connectivity index (χ0) is 11.4. The smallest absolute Gasteiger partial charge is 0.0311 e. The maximum Gasteiger partial charge on any atom is 0.0311 e. The molecule has 1 aliphatic heterocycles. The molecule has 1 aliphatic rings. The fourth-order valence-electron chi connectivity index (χ4n) is 2.17. The minimum absolute atomic E-state index is 0.107. The average Bonchev–Trinajstić information content (AvgIpc) is 2.33. The number of aromatic nitrogens is 1. The van der Waals surface area contributed by atoms with Gasteiger partial charge < -0.3 is 16.0 Å². The van der Waals surface area contributed by atoms with E-state index in [1.165, 1.54) is 5.56 Å². The SMILES string of the molecule is CN1CCNCC1CC(N)c1ccncc1. The number of nitrogens with zero attached hydrogens (tertiary/aromatic N) is 2. The Morgan fingerprint density at radius 3 is 3.00 bits per heavy atom. The molecule has 1 fully saturated rings. The van der Waals surface area contributed by atoms with Crippen LogP contribution in [0.1, 0.15) is 18.0 Å². The topological polar surface area (TPSA) is 54.2 Å². The molecule has 88 valence electrons. The molecule has 2 atom stereocenters. The van der Waals surface area contributed by atoms with Crippen LogP contribution >= 0.6 is 0 Å². The van der Waals surface area contributed by atoms with Crippen LogP contribution in [0.2, 0.25) is 0 Å². The first-order valence-corrected chi connectivity index (χ1v) is 5.84. The number of hydrogen-bond acceptors (Lipinski definition) is 4. The van der Waals surface area contributed by atoms with E-state index in [2.05, 4.69) is 22.2 Å².